The monoisotopic (exact) mass is 351 g/mol. The fourth-order valence-electron chi connectivity index (χ4n) is 2.63. The second kappa shape index (κ2) is 6.91. The fraction of sp³-hybridized carbons (Fsp3) is 0.158. The first-order chi connectivity index (χ1) is 11.9. The highest BCUT2D eigenvalue weighted by Gasteiger charge is 2.06. The Hall–Kier alpha value is -2.91. The van der Waals surface area contributed by atoms with Crippen molar-refractivity contribution in [3.05, 3.63) is 71.4 Å². The van der Waals surface area contributed by atoms with Gasteiger partial charge in [-0.1, -0.05) is 42.5 Å². The maximum Gasteiger partial charge on any atom is 0.151 e. The maximum atomic E-state index is 11.3. The minimum atomic E-state index is -3.03. The second-order valence-electron chi connectivity index (χ2n) is 5.92. The molecule has 0 aliphatic heterocycles. The van der Waals surface area contributed by atoms with Crippen LogP contribution in [-0.4, -0.2) is 19.7 Å². The van der Waals surface area contributed by atoms with E-state index in [1.807, 2.05) is 48.5 Å². The summed E-state index contributed by atoms with van der Waals surface area (Å²) in [6.45, 7) is 0.567. The number of nitrogens with one attached hydrogen (secondary N) is 1. The number of nitrogens with zero attached hydrogens (tertiary/aromatic N) is 2. The molecule has 0 spiro atoms. The Morgan fingerprint density at radius 1 is 1.08 bits per heavy atom. The van der Waals surface area contributed by atoms with E-state index in [0.29, 0.717) is 12.2 Å². The molecule has 1 N–H and O–H groups in total. The molecule has 3 aromatic rings. The van der Waals surface area contributed by atoms with Crippen LogP contribution >= 0.6 is 0 Å². The standard InChI is InChI=1S/C19H17N3O2S/c1-25(23,24)13-15-8-6-14(7-9-15)12-21-19-10-16(11-20)22-18-5-3-2-4-17(18)19/h2-10H,12-13H2,1H3,(H,21,22). The van der Waals surface area contributed by atoms with Crippen molar-refractivity contribution in [2.75, 3.05) is 11.6 Å². The van der Waals surface area contributed by atoms with Crippen LogP contribution in [0.1, 0.15) is 16.8 Å². The number of rotatable bonds is 5. The van der Waals surface area contributed by atoms with Gasteiger partial charge in [-0.15, -0.1) is 0 Å². The molecule has 126 valence electrons. The topological polar surface area (TPSA) is 82.9 Å². The van der Waals surface area contributed by atoms with Gasteiger partial charge in [0.2, 0.25) is 0 Å². The van der Waals surface area contributed by atoms with Gasteiger partial charge in [-0.05, 0) is 23.3 Å². The van der Waals surface area contributed by atoms with Crippen LogP contribution < -0.4 is 5.32 Å². The van der Waals surface area contributed by atoms with Crippen LogP contribution in [0.3, 0.4) is 0 Å². The van der Waals surface area contributed by atoms with Crippen LogP contribution in [0.4, 0.5) is 5.69 Å². The summed E-state index contributed by atoms with van der Waals surface area (Å²) in [5.74, 6) is 0.0429. The minimum Gasteiger partial charge on any atom is -0.380 e. The van der Waals surface area contributed by atoms with Gasteiger partial charge in [0.05, 0.1) is 11.3 Å². The predicted octanol–water partition coefficient (Wildman–Crippen LogP) is 3.26. The zero-order chi connectivity index (χ0) is 17.9. The summed E-state index contributed by atoms with van der Waals surface area (Å²) in [4.78, 5) is 4.30. The van der Waals surface area contributed by atoms with Gasteiger partial charge in [-0.2, -0.15) is 5.26 Å². The smallest absolute Gasteiger partial charge is 0.151 e. The van der Waals surface area contributed by atoms with E-state index < -0.39 is 9.84 Å². The van der Waals surface area contributed by atoms with Gasteiger partial charge >= 0.3 is 0 Å². The number of hydrogen-bond acceptors (Lipinski definition) is 5. The number of pyridine rings is 1. The zero-order valence-corrected chi connectivity index (χ0v) is 14.5. The second-order valence-corrected chi connectivity index (χ2v) is 8.06. The number of aromatic nitrogens is 1. The molecule has 3 rings (SSSR count). The van der Waals surface area contributed by atoms with Gasteiger partial charge in [0, 0.05) is 23.9 Å². The number of benzene rings is 2. The summed E-state index contributed by atoms with van der Waals surface area (Å²) in [5.41, 5.74) is 3.78. The summed E-state index contributed by atoms with van der Waals surface area (Å²) in [7, 11) is -3.03. The largest absolute Gasteiger partial charge is 0.380 e. The van der Waals surface area contributed by atoms with Crippen LogP contribution in [0.5, 0.6) is 0 Å². The van der Waals surface area contributed by atoms with Gasteiger partial charge in [0.1, 0.15) is 11.8 Å². The highest BCUT2D eigenvalue weighted by Crippen LogP contribution is 2.23. The first-order valence-electron chi connectivity index (χ1n) is 7.74. The van der Waals surface area contributed by atoms with E-state index in [1.165, 1.54) is 6.26 Å². The van der Waals surface area contributed by atoms with Gasteiger partial charge in [-0.25, -0.2) is 13.4 Å². The van der Waals surface area contributed by atoms with E-state index in [2.05, 4.69) is 16.4 Å². The number of fused-ring (bicyclic) bond motifs is 1. The van der Waals surface area contributed by atoms with Crippen molar-refractivity contribution >= 4 is 26.4 Å². The molecule has 0 unspecified atom stereocenters. The lowest BCUT2D eigenvalue weighted by molar-refractivity contribution is 0.601. The van der Waals surface area contributed by atoms with Crippen LogP contribution in [0.2, 0.25) is 0 Å². The summed E-state index contributed by atoms with van der Waals surface area (Å²) >= 11 is 0. The first-order valence-corrected chi connectivity index (χ1v) is 9.80. The van der Waals surface area contributed by atoms with E-state index in [-0.39, 0.29) is 5.75 Å². The molecule has 6 heteroatoms. The lowest BCUT2D eigenvalue weighted by Gasteiger charge is -2.10. The van der Waals surface area contributed by atoms with Crippen molar-refractivity contribution in [1.29, 1.82) is 5.26 Å². The molecule has 25 heavy (non-hydrogen) atoms. The number of nitriles is 1. The molecular formula is C19H17N3O2S. The van der Waals surface area contributed by atoms with Crippen LogP contribution in [0, 0.1) is 11.3 Å². The highest BCUT2D eigenvalue weighted by molar-refractivity contribution is 7.89. The average Bonchev–Trinajstić information content (AvgIpc) is 2.59. The summed E-state index contributed by atoms with van der Waals surface area (Å²) < 4.78 is 22.7. The summed E-state index contributed by atoms with van der Waals surface area (Å²) in [5, 5.41) is 13.4. The van der Waals surface area contributed by atoms with Crippen molar-refractivity contribution in [1.82, 2.24) is 4.98 Å². The summed E-state index contributed by atoms with van der Waals surface area (Å²) in [6.07, 6.45) is 1.23. The van der Waals surface area contributed by atoms with Crippen molar-refractivity contribution in [2.24, 2.45) is 0 Å². The lowest BCUT2D eigenvalue weighted by atomic mass is 10.1. The van der Waals surface area contributed by atoms with Crippen LogP contribution in [0.25, 0.3) is 10.9 Å². The molecular weight excluding hydrogens is 334 g/mol. The third-order valence-corrected chi connectivity index (χ3v) is 4.62. The Kier molecular flexibility index (Phi) is 4.68. The van der Waals surface area contributed by atoms with E-state index in [9.17, 15) is 8.42 Å². The number of para-hydroxylation sites is 1. The molecule has 1 aromatic heterocycles. The molecule has 0 radical (unpaired) electrons. The maximum absolute atomic E-state index is 11.3. The quantitative estimate of drug-likeness (QED) is 0.763. The molecule has 0 aliphatic carbocycles. The molecule has 5 nitrogen and oxygen atoms in total. The van der Waals surface area contributed by atoms with E-state index in [0.717, 1.165) is 27.7 Å². The molecule has 0 aliphatic rings. The molecule has 0 bridgehead atoms. The Bertz CT molecular complexity index is 1050. The van der Waals surface area contributed by atoms with Crippen molar-refractivity contribution in [2.45, 2.75) is 12.3 Å². The zero-order valence-electron chi connectivity index (χ0n) is 13.7. The SMILES string of the molecule is CS(=O)(=O)Cc1ccc(CNc2cc(C#N)nc3ccccc23)cc1. The summed E-state index contributed by atoms with van der Waals surface area (Å²) in [6, 6.07) is 18.9. The Balaban J connectivity index is 1.80. The first kappa shape index (κ1) is 16.9. The van der Waals surface area contributed by atoms with E-state index in [1.54, 1.807) is 6.07 Å². The number of sulfone groups is 1. The van der Waals surface area contributed by atoms with Crippen molar-refractivity contribution in [3.8, 4) is 6.07 Å². The molecule has 2 aromatic carbocycles. The van der Waals surface area contributed by atoms with Crippen molar-refractivity contribution < 1.29 is 8.42 Å². The van der Waals surface area contributed by atoms with Gasteiger partial charge < -0.3 is 5.32 Å². The number of anilines is 1. The molecule has 0 amide bonds. The average molecular weight is 351 g/mol. The van der Waals surface area contributed by atoms with Crippen LogP contribution in [0.15, 0.2) is 54.6 Å². The molecule has 1 heterocycles. The predicted molar refractivity (Wildman–Crippen MR) is 98.8 cm³/mol. The molecule has 0 atom stereocenters. The fourth-order valence-corrected chi connectivity index (χ4v) is 3.43. The highest BCUT2D eigenvalue weighted by atomic mass is 32.2. The Labute approximate surface area is 146 Å². The normalized spacial score (nSPS) is 11.2. The third-order valence-electron chi connectivity index (χ3n) is 3.77. The lowest BCUT2D eigenvalue weighted by Crippen LogP contribution is -2.03. The molecule has 0 fully saturated rings. The van der Waals surface area contributed by atoms with E-state index >= 15 is 0 Å². The van der Waals surface area contributed by atoms with Gasteiger partial charge in [-0.3, -0.25) is 0 Å². The van der Waals surface area contributed by atoms with E-state index in [4.69, 9.17) is 5.26 Å². The van der Waals surface area contributed by atoms with Crippen LogP contribution in [-0.2, 0) is 22.1 Å². The molecule has 0 saturated carbocycles. The minimum absolute atomic E-state index is 0.0429. The van der Waals surface area contributed by atoms with Crippen molar-refractivity contribution in [3.63, 3.8) is 0 Å². The third kappa shape index (κ3) is 4.34. The van der Waals surface area contributed by atoms with Gasteiger partial charge in [0.15, 0.2) is 9.84 Å². The Morgan fingerprint density at radius 2 is 1.76 bits per heavy atom. The number of hydrogen-bond donors (Lipinski definition) is 1. The molecule has 0 saturated heterocycles. The Morgan fingerprint density at radius 3 is 2.44 bits per heavy atom. The van der Waals surface area contributed by atoms with Gasteiger partial charge in [0.25, 0.3) is 0 Å².